The Labute approximate surface area is 102 Å². The van der Waals surface area contributed by atoms with Gasteiger partial charge < -0.3 is 10.6 Å². The molecule has 1 heterocycles. The first-order valence-corrected chi connectivity index (χ1v) is 6.32. The quantitative estimate of drug-likeness (QED) is 0.846. The van der Waals surface area contributed by atoms with Crippen molar-refractivity contribution in [2.45, 2.75) is 38.8 Å². The molecule has 0 saturated heterocycles. The lowest BCUT2D eigenvalue weighted by molar-refractivity contribution is 0.516. The van der Waals surface area contributed by atoms with Gasteiger partial charge in [-0.1, -0.05) is 37.6 Å². The number of hydrogen-bond acceptors (Lipinski definition) is 2. The predicted octanol–water partition coefficient (Wildman–Crippen LogP) is 3.06. The molecule has 88 valence electrons. The fourth-order valence-corrected chi connectivity index (χ4v) is 2.32. The number of aryl methyl sites for hydroxylation is 1. The van der Waals surface area contributed by atoms with Gasteiger partial charge in [-0.3, -0.25) is 0 Å². The highest BCUT2D eigenvalue weighted by Crippen LogP contribution is 2.31. The molecule has 0 aliphatic carbocycles. The second kappa shape index (κ2) is 5.07. The molecule has 2 N–H and O–H groups in total. The zero-order valence-corrected chi connectivity index (χ0v) is 10.6. The van der Waals surface area contributed by atoms with Gasteiger partial charge in [0.15, 0.2) is 0 Å². The van der Waals surface area contributed by atoms with Crippen LogP contribution in [0.1, 0.15) is 25.8 Å². The Hall–Kier alpha value is -0.730. The SMILES string of the molecule is CC(C)NCC1CCc2cccc(Cl)c2N1. The van der Waals surface area contributed by atoms with Crippen molar-refractivity contribution in [3.63, 3.8) is 0 Å². The lowest BCUT2D eigenvalue weighted by atomic mass is 9.98. The van der Waals surface area contributed by atoms with Gasteiger partial charge in [0.2, 0.25) is 0 Å². The van der Waals surface area contributed by atoms with Gasteiger partial charge in [-0.2, -0.15) is 0 Å². The predicted molar refractivity (Wildman–Crippen MR) is 70.3 cm³/mol. The van der Waals surface area contributed by atoms with E-state index in [9.17, 15) is 0 Å². The van der Waals surface area contributed by atoms with E-state index in [4.69, 9.17) is 11.6 Å². The summed E-state index contributed by atoms with van der Waals surface area (Å²) in [6, 6.07) is 7.16. The fraction of sp³-hybridized carbons (Fsp3) is 0.538. The molecule has 0 bridgehead atoms. The minimum absolute atomic E-state index is 0.495. The number of fused-ring (bicyclic) bond motifs is 1. The molecule has 1 aromatic carbocycles. The maximum Gasteiger partial charge on any atom is 0.0640 e. The van der Waals surface area contributed by atoms with Crippen molar-refractivity contribution in [2.75, 3.05) is 11.9 Å². The van der Waals surface area contributed by atoms with Crippen molar-refractivity contribution in [1.29, 1.82) is 0 Å². The van der Waals surface area contributed by atoms with Crippen LogP contribution in [0, 0.1) is 0 Å². The van der Waals surface area contributed by atoms with Gasteiger partial charge in [-0.25, -0.2) is 0 Å². The first kappa shape index (κ1) is 11.7. The van der Waals surface area contributed by atoms with Crippen LogP contribution in [0.4, 0.5) is 5.69 Å². The van der Waals surface area contributed by atoms with E-state index in [0.717, 1.165) is 23.7 Å². The molecule has 0 saturated carbocycles. The third-order valence-corrected chi connectivity index (χ3v) is 3.30. The summed E-state index contributed by atoms with van der Waals surface area (Å²) in [5.41, 5.74) is 2.47. The minimum Gasteiger partial charge on any atom is -0.380 e. The standard InChI is InChI=1S/C13H19ClN2/c1-9(2)15-8-11-7-6-10-4-3-5-12(14)13(10)16-11/h3-5,9,11,15-16H,6-8H2,1-2H3. The van der Waals surface area contributed by atoms with Crippen molar-refractivity contribution in [3.8, 4) is 0 Å². The number of hydrogen-bond donors (Lipinski definition) is 2. The number of para-hydroxylation sites is 1. The largest absolute Gasteiger partial charge is 0.380 e. The number of rotatable bonds is 3. The van der Waals surface area contributed by atoms with E-state index in [0.29, 0.717) is 12.1 Å². The van der Waals surface area contributed by atoms with E-state index < -0.39 is 0 Å². The van der Waals surface area contributed by atoms with Crippen LogP contribution in [0.5, 0.6) is 0 Å². The highest BCUT2D eigenvalue weighted by molar-refractivity contribution is 6.33. The molecule has 1 aliphatic rings. The average Bonchev–Trinajstić information content (AvgIpc) is 2.27. The summed E-state index contributed by atoms with van der Waals surface area (Å²) in [6.07, 6.45) is 2.29. The van der Waals surface area contributed by atoms with E-state index in [1.54, 1.807) is 0 Å². The number of nitrogens with one attached hydrogen (secondary N) is 2. The Balaban J connectivity index is 2.03. The Kier molecular flexibility index (Phi) is 3.72. The van der Waals surface area contributed by atoms with Crippen LogP contribution in [0.2, 0.25) is 5.02 Å². The molecule has 0 radical (unpaired) electrons. The molecule has 0 spiro atoms. The fourth-order valence-electron chi connectivity index (χ4n) is 2.08. The van der Waals surface area contributed by atoms with E-state index in [-0.39, 0.29) is 0 Å². The molecule has 0 aromatic heterocycles. The molecule has 3 heteroatoms. The van der Waals surface area contributed by atoms with Gasteiger partial charge in [0, 0.05) is 18.6 Å². The molecular formula is C13H19ClN2. The van der Waals surface area contributed by atoms with Crippen molar-refractivity contribution in [3.05, 3.63) is 28.8 Å². The van der Waals surface area contributed by atoms with Crippen LogP contribution in [-0.4, -0.2) is 18.6 Å². The topological polar surface area (TPSA) is 24.1 Å². The molecule has 1 aromatic rings. The zero-order valence-electron chi connectivity index (χ0n) is 9.89. The summed E-state index contributed by atoms with van der Waals surface area (Å²) >= 11 is 6.19. The van der Waals surface area contributed by atoms with Crippen LogP contribution < -0.4 is 10.6 Å². The number of benzene rings is 1. The van der Waals surface area contributed by atoms with Crippen LogP contribution in [0.3, 0.4) is 0 Å². The smallest absolute Gasteiger partial charge is 0.0640 e. The summed E-state index contributed by atoms with van der Waals surface area (Å²) in [7, 11) is 0. The average molecular weight is 239 g/mol. The molecule has 1 unspecified atom stereocenters. The van der Waals surface area contributed by atoms with E-state index in [1.165, 1.54) is 12.0 Å². The third kappa shape index (κ3) is 2.69. The molecule has 16 heavy (non-hydrogen) atoms. The minimum atomic E-state index is 0.495. The maximum atomic E-state index is 6.19. The second-order valence-corrected chi connectivity index (χ2v) is 5.12. The first-order chi connectivity index (χ1) is 7.66. The van der Waals surface area contributed by atoms with Gasteiger partial charge in [-0.15, -0.1) is 0 Å². The van der Waals surface area contributed by atoms with E-state index in [2.05, 4.69) is 30.5 Å². The molecular weight excluding hydrogens is 220 g/mol. The Bertz CT molecular complexity index is 363. The summed E-state index contributed by atoms with van der Waals surface area (Å²) in [5.74, 6) is 0. The van der Waals surface area contributed by atoms with Crippen molar-refractivity contribution in [2.24, 2.45) is 0 Å². The molecule has 0 amide bonds. The van der Waals surface area contributed by atoms with Crippen LogP contribution >= 0.6 is 11.6 Å². The van der Waals surface area contributed by atoms with E-state index >= 15 is 0 Å². The lowest BCUT2D eigenvalue weighted by Crippen LogP contribution is -2.38. The summed E-state index contributed by atoms with van der Waals surface area (Å²) in [6.45, 7) is 5.34. The Morgan fingerprint density at radius 3 is 3.06 bits per heavy atom. The van der Waals surface area contributed by atoms with Crippen molar-refractivity contribution in [1.82, 2.24) is 5.32 Å². The van der Waals surface area contributed by atoms with Gasteiger partial charge in [0.05, 0.1) is 10.7 Å². The second-order valence-electron chi connectivity index (χ2n) is 4.72. The van der Waals surface area contributed by atoms with Gasteiger partial charge in [0.1, 0.15) is 0 Å². The Morgan fingerprint density at radius 1 is 1.50 bits per heavy atom. The van der Waals surface area contributed by atoms with Gasteiger partial charge >= 0.3 is 0 Å². The summed E-state index contributed by atoms with van der Waals surface area (Å²) < 4.78 is 0. The van der Waals surface area contributed by atoms with Gasteiger partial charge in [-0.05, 0) is 24.5 Å². The van der Waals surface area contributed by atoms with Crippen LogP contribution in [-0.2, 0) is 6.42 Å². The lowest BCUT2D eigenvalue weighted by Gasteiger charge is -2.28. The first-order valence-electron chi connectivity index (χ1n) is 5.94. The highest BCUT2D eigenvalue weighted by Gasteiger charge is 2.19. The van der Waals surface area contributed by atoms with Crippen molar-refractivity contribution < 1.29 is 0 Å². The molecule has 0 fully saturated rings. The van der Waals surface area contributed by atoms with Crippen molar-refractivity contribution >= 4 is 17.3 Å². The van der Waals surface area contributed by atoms with Crippen LogP contribution in [0.15, 0.2) is 18.2 Å². The monoisotopic (exact) mass is 238 g/mol. The normalized spacial score (nSPS) is 19.4. The molecule has 2 nitrogen and oxygen atoms in total. The highest BCUT2D eigenvalue weighted by atomic mass is 35.5. The molecule has 1 atom stereocenters. The van der Waals surface area contributed by atoms with E-state index in [1.807, 2.05) is 12.1 Å². The number of halogens is 1. The molecule has 2 rings (SSSR count). The van der Waals surface area contributed by atoms with Gasteiger partial charge in [0.25, 0.3) is 0 Å². The Morgan fingerprint density at radius 2 is 2.31 bits per heavy atom. The third-order valence-electron chi connectivity index (χ3n) is 2.98. The summed E-state index contributed by atoms with van der Waals surface area (Å²) in [4.78, 5) is 0. The number of anilines is 1. The maximum absolute atomic E-state index is 6.19. The molecule has 1 aliphatic heterocycles. The van der Waals surface area contributed by atoms with Crippen LogP contribution in [0.25, 0.3) is 0 Å². The summed E-state index contributed by atoms with van der Waals surface area (Å²) in [5, 5.41) is 7.83. The zero-order chi connectivity index (χ0) is 11.5.